The van der Waals surface area contributed by atoms with Crippen LogP contribution >= 0.6 is 0 Å². The second-order valence-corrected chi connectivity index (χ2v) is 4.87. The molecule has 0 aromatic carbocycles. The fraction of sp³-hybridized carbons (Fsp3) is 0.692. The van der Waals surface area contributed by atoms with Gasteiger partial charge in [0.15, 0.2) is 0 Å². The number of rotatable bonds is 4. The Morgan fingerprint density at radius 1 is 1.41 bits per heavy atom. The zero-order valence-corrected chi connectivity index (χ0v) is 10.8. The summed E-state index contributed by atoms with van der Waals surface area (Å²) in [5, 5.41) is 3.27. The summed E-state index contributed by atoms with van der Waals surface area (Å²) >= 11 is 0. The van der Waals surface area contributed by atoms with Crippen LogP contribution in [-0.2, 0) is 6.54 Å². The van der Waals surface area contributed by atoms with E-state index < -0.39 is 0 Å². The van der Waals surface area contributed by atoms with Crippen LogP contribution in [-0.4, -0.2) is 41.5 Å². The Kier molecular flexibility index (Phi) is 4.45. The van der Waals surface area contributed by atoms with E-state index in [2.05, 4.69) is 20.2 Å². The molecule has 1 N–H and O–H groups in total. The highest BCUT2D eigenvalue weighted by atomic mass is 15.1. The predicted molar refractivity (Wildman–Crippen MR) is 68.7 cm³/mol. The molecular weight excluding hydrogens is 212 g/mol. The van der Waals surface area contributed by atoms with Crippen molar-refractivity contribution in [3.63, 3.8) is 0 Å². The highest BCUT2D eigenvalue weighted by Crippen LogP contribution is 2.17. The Bertz CT molecular complexity index is 345. The van der Waals surface area contributed by atoms with Crippen LogP contribution in [0, 0.1) is 12.8 Å². The summed E-state index contributed by atoms with van der Waals surface area (Å²) in [6, 6.07) is 2.02. The molecule has 4 nitrogen and oxygen atoms in total. The Labute approximate surface area is 103 Å². The molecule has 0 spiro atoms. The molecule has 94 valence electrons. The van der Waals surface area contributed by atoms with Gasteiger partial charge in [-0.25, -0.2) is 9.97 Å². The molecule has 1 aliphatic heterocycles. The molecule has 2 heterocycles. The van der Waals surface area contributed by atoms with Crippen molar-refractivity contribution >= 4 is 0 Å². The molecule has 0 unspecified atom stereocenters. The topological polar surface area (TPSA) is 41.0 Å². The molecule has 1 saturated heterocycles. The molecule has 4 heteroatoms. The third kappa shape index (κ3) is 3.75. The monoisotopic (exact) mass is 234 g/mol. The number of piperidine rings is 1. The molecule has 1 aliphatic rings. The van der Waals surface area contributed by atoms with Crippen molar-refractivity contribution in [2.24, 2.45) is 5.92 Å². The largest absolute Gasteiger partial charge is 0.319 e. The Hall–Kier alpha value is -1.00. The highest BCUT2D eigenvalue weighted by molar-refractivity contribution is 5.01. The quantitative estimate of drug-likeness (QED) is 0.850. The first-order valence-corrected chi connectivity index (χ1v) is 6.43. The van der Waals surface area contributed by atoms with Crippen LogP contribution in [0.2, 0.25) is 0 Å². The number of nitrogens with one attached hydrogen (secondary N) is 1. The van der Waals surface area contributed by atoms with Crippen LogP contribution in [0.15, 0.2) is 12.3 Å². The number of nitrogens with zero attached hydrogens (tertiary/aromatic N) is 3. The van der Waals surface area contributed by atoms with Gasteiger partial charge in [0, 0.05) is 12.7 Å². The Balaban J connectivity index is 1.82. The molecule has 2 rings (SSSR count). The average Bonchev–Trinajstić information content (AvgIpc) is 2.32. The normalized spacial score (nSPS) is 18.5. The zero-order chi connectivity index (χ0) is 12.1. The van der Waals surface area contributed by atoms with Gasteiger partial charge in [-0.05, 0) is 58.4 Å². The second-order valence-electron chi connectivity index (χ2n) is 4.87. The van der Waals surface area contributed by atoms with Gasteiger partial charge in [0.05, 0.1) is 5.69 Å². The van der Waals surface area contributed by atoms with Crippen LogP contribution in [0.1, 0.15) is 24.4 Å². The predicted octanol–water partition coefficient (Wildman–Crippen LogP) is 1.22. The standard InChI is InChI=1S/C13H22N4/c1-11-15-6-3-13(16-11)10-17-7-4-12(5-8-17)9-14-2/h3,6,12,14H,4-5,7-10H2,1-2H3. The summed E-state index contributed by atoms with van der Waals surface area (Å²) < 4.78 is 0. The van der Waals surface area contributed by atoms with Crippen LogP contribution in [0.4, 0.5) is 0 Å². The van der Waals surface area contributed by atoms with E-state index in [-0.39, 0.29) is 0 Å². The van der Waals surface area contributed by atoms with Crippen molar-refractivity contribution in [2.75, 3.05) is 26.7 Å². The maximum atomic E-state index is 4.46. The lowest BCUT2D eigenvalue weighted by Gasteiger charge is -2.31. The summed E-state index contributed by atoms with van der Waals surface area (Å²) in [5.74, 6) is 1.72. The zero-order valence-electron chi connectivity index (χ0n) is 10.8. The fourth-order valence-electron chi connectivity index (χ4n) is 2.46. The lowest BCUT2D eigenvalue weighted by Crippen LogP contribution is -2.36. The van der Waals surface area contributed by atoms with Gasteiger partial charge in [-0.2, -0.15) is 0 Å². The first-order chi connectivity index (χ1) is 8.28. The maximum Gasteiger partial charge on any atom is 0.125 e. The third-order valence-corrected chi connectivity index (χ3v) is 3.42. The van der Waals surface area contributed by atoms with Gasteiger partial charge in [-0.15, -0.1) is 0 Å². The van der Waals surface area contributed by atoms with Crippen LogP contribution in [0.25, 0.3) is 0 Å². The number of aromatic nitrogens is 2. The lowest BCUT2D eigenvalue weighted by atomic mass is 9.97. The third-order valence-electron chi connectivity index (χ3n) is 3.42. The summed E-state index contributed by atoms with van der Waals surface area (Å²) in [6.45, 7) is 6.45. The molecular formula is C13H22N4. The van der Waals surface area contributed by atoms with E-state index in [9.17, 15) is 0 Å². The lowest BCUT2D eigenvalue weighted by molar-refractivity contribution is 0.175. The minimum atomic E-state index is 0.850. The summed E-state index contributed by atoms with van der Waals surface area (Å²) in [5.41, 5.74) is 1.14. The van der Waals surface area contributed by atoms with E-state index in [0.717, 1.165) is 30.5 Å². The van der Waals surface area contributed by atoms with Crippen molar-refractivity contribution in [3.05, 3.63) is 23.8 Å². The maximum absolute atomic E-state index is 4.46. The first-order valence-electron chi connectivity index (χ1n) is 6.43. The number of likely N-dealkylation sites (tertiary alicyclic amines) is 1. The van der Waals surface area contributed by atoms with Gasteiger partial charge in [-0.1, -0.05) is 0 Å². The summed E-state index contributed by atoms with van der Waals surface area (Å²) in [6.07, 6.45) is 4.45. The van der Waals surface area contributed by atoms with E-state index in [1.807, 2.05) is 26.2 Å². The molecule has 1 fully saturated rings. The molecule has 1 aromatic rings. The molecule has 0 saturated carbocycles. The van der Waals surface area contributed by atoms with Crippen LogP contribution < -0.4 is 5.32 Å². The van der Waals surface area contributed by atoms with Gasteiger partial charge in [0.25, 0.3) is 0 Å². The van der Waals surface area contributed by atoms with Crippen molar-refractivity contribution in [2.45, 2.75) is 26.3 Å². The van der Waals surface area contributed by atoms with Gasteiger partial charge >= 0.3 is 0 Å². The van der Waals surface area contributed by atoms with Crippen LogP contribution in [0.5, 0.6) is 0 Å². The van der Waals surface area contributed by atoms with Crippen molar-refractivity contribution in [3.8, 4) is 0 Å². The molecule has 0 atom stereocenters. The van der Waals surface area contributed by atoms with Gasteiger partial charge in [-0.3, -0.25) is 4.90 Å². The first kappa shape index (κ1) is 12.5. The van der Waals surface area contributed by atoms with E-state index in [1.54, 1.807) is 0 Å². The van der Waals surface area contributed by atoms with Gasteiger partial charge < -0.3 is 5.32 Å². The molecule has 17 heavy (non-hydrogen) atoms. The van der Waals surface area contributed by atoms with E-state index in [1.165, 1.54) is 25.9 Å². The SMILES string of the molecule is CNCC1CCN(Cc2ccnc(C)n2)CC1. The van der Waals surface area contributed by atoms with E-state index in [0.29, 0.717) is 0 Å². The Morgan fingerprint density at radius 2 is 2.18 bits per heavy atom. The highest BCUT2D eigenvalue weighted by Gasteiger charge is 2.18. The summed E-state index contributed by atoms with van der Waals surface area (Å²) in [7, 11) is 2.04. The van der Waals surface area contributed by atoms with Gasteiger partial charge in [0.2, 0.25) is 0 Å². The van der Waals surface area contributed by atoms with Crippen molar-refractivity contribution in [1.82, 2.24) is 20.2 Å². The number of hydrogen-bond acceptors (Lipinski definition) is 4. The number of aryl methyl sites for hydroxylation is 1. The molecule has 0 bridgehead atoms. The van der Waals surface area contributed by atoms with Crippen molar-refractivity contribution < 1.29 is 0 Å². The minimum Gasteiger partial charge on any atom is -0.319 e. The Morgan fingerprint density at radius 3 is 2.82 bits per heavy atom. The molecule has 0 aliphatic carbocycles. The smallest absolute Gasteiger partial charge is 0.125 e. The number of hydrogen-bond donors (Lipinski definition) is 1. The van der Waals surface area contributed by atoms with Crippen LogP contribution in [0.3, 0.4) is 0 Å². The minimum absolute atomic E-state index is 0.850. The molecule has 0 amide bonds. The van der Waals surface area contributed by atoms with Crippen molar-refractivity contribution in [1.29, 1.82) is 0 Å². The average molecular weight is 234 g/mol. The van der Waals surface area contributed by atoms with Gasteiger partial charge in [0.1, 0.15) is 5.82 Å². The fourth-order valence-corrected chi connectivity index (χ4v) is 2.46. The van der Waals surface area contributed by atoms with E-state index >= 15 is 0 Å². The molecule has 1 aromatic heterocycles. The second kappa shape index (κ2) is 6.07. The van der Waals surface area contributed by atoms with E-state index in [4.69, 9.17) is 0 Å². The summed E-state index contributed by atoms with van der Waals surface area (Å²) in [4.78, 5) is 11.1. The molecule has 0 radical (unpaired) electrons.